The zero-order chi connectivity index (χ0) is 25.0. The van der Waals surface area contributed by atoms with Crippen molar-refractivity contribution >= 4 is 17.5 Å². The van der Waals surface area contributed by atoms with Gasteiger partial charge in [-0.1, -0.05) is 28.9 Å². The van der Waals surface area contributed by atoms with Crippen molar-refractivity contribution in [3.63, 3.8) is 0 Å². The van der Waals surface area contributed by atoms with Crippen LogP contribution in [0.1, 0.15) is 29.9 Å². The van der Waals surface area contributed by atoms with Gasteiger partial charge in [0.2, 0.25) is 5.91 Å². The van der Waals surface area contributed by atoms with Crippen LogP contribution in [0, 0.1) is 5.82 Å². The van der Waals surface area contributed by atoms with E-state index in [-0.39, 0.29) is 48.6 Å². The minimum Gasteiger partial charge on any atom is -0.338 e. The van der Waals surface area contributed by atoms with E-state index in [1.54, 1.807) is 6.07 Å². The van der Waals surface area contributed by atoms with Gasteiger partial charge in [-0.25, -0.2) is 4.39 Å². The van der Waals surface area contributed by atoms with Gasteiger partial charge in [0.25, 0.3) is 5.89 Å². The molecule has 2 aliphatic rings. The molecule has 1 amide bonds. The van der Waals surface area contributed by atoms with Crippen LogP contribution in [-0.2, 0) is 22.9 Å². The molecule has 2 fully saturated rings. The van der Waals surface area contributed by atoms with Gasteiger partial charge in [0, 0.05) is 32.2 Å². The summed E-state index contributed by atoms with van der Waals surface area (Å²) in [6, 6.07) is 5.07. The van der Waals surface area contributed by atoms with Gasteiger partial charge in [-0.3, -0.25) is 9.48 Å². The third kappa shape index (κ3) is 4.38. The smallest absolute Gasteiger partial charge is 0.338 e. The van der Waals surface area contributed by atoms with Gasteiger partial charge in [0.1, 0.15) is 18.1 Å². The SMILES string of the molecule is O=C(Cn1nc(-c2nc(C3(c4cccc(F)c4Cl)CC3)no2)cc1C(F)(F)F)N1CCN(F)CC1. The number of amides is 1. The van der Waals surface area contributed by atoms with Gasteiger partial charge in [0.05, 0.1) is 10.4 Å². The lowest BCUT2D eigenvalue weighted by Crippen LogP contribution is -2.47. The molecule has 0 radical (unpaired) electrons. The zero-order valence-corrected chi connectivity index (χ0v) is 18.8. The number of alkyl halides is 3. The van der Waals surface area contributed by atoms with Crippen LogP contribution in [0.15, 0.2) is 28.8 Å². The highest BCUT2D eigenvalue weighted by Crippen LogP contribution is 2.54. The summed E-state index contributed by atoms with van der Waals surface area (Å²) in [7, 11) is 0. The minimum absolute atomic E-state index is 0.0237. The highest BCUT2D eigenvalue weighted by molar-refractivity contribution is 6.31. The van der Waals surface area contributed by atoms with Crippen molar-refractivity contribution in [3.8, 4) is 11.6 Å². The number of benzene rings is 1. The van der Waals surface area contributed by atoms with E-state index in [1.807, 2.05) is 0 Å². The molecule has 3 aromatic rings. The van der Waals surface area contributed by atoms with Crippen LogP contribution in [0.3, 0.4) is 0 Å². The lowest BCUT2D eigenvalue weighted by molar-refractivity contribution is -0.146. The molecule has 5 rings (SSSR count). The van der Waals surface area contributed by atoms with Crippen LogP contribution in [0.5, 0.6) is 0 Å². The highest BCUT2D eigenvalue weighted by Gasteiger charge is 2.51. The van der Waals surface area contributed by atoms with Gasteiger partial charge in [-0.2, -0.15) is 23.3 Å². The number of nitrogens with zero attached hydrogens (tertiary/aromatic N) is 6. The molecule has 0 atom stereocenters. The molecule has 2 aromatic heterocycles. The van der Waals surface area contributed by atoms with Crippen molar-refractivity contribution < 1.29 is 31.4 Å². The van der Waals surface area contributed by atoms with Gasteiger partial charge >= 0.3 is 6.18 Å². The van der Waals surface area contributed by atoms with Crippen molar-refractivity contribution in [1.82, 2.24) is 29.9 Å². The number of piperazine rings is 1. The number of carbonyl (C=O) groups excluding carboxylic acids is 1. The monoisotopic (exact) mass is 516 g/mol. The predicted octanol–water partition coefficient (Wildman–Crippen LogP) is 3.85. The van der Waals surface area contributed by atoms with Crippen LogP contribution in [-0.4, -0.2) is 62.0 Å². The summed E-state index contributed by atoms with van der Waals surface area (Å²) in [5.41, 5.74) is -1.77. The number of hydrogen-bond donors (Lipinski definition) is 0. The van der Waals surface area contributed by atoms with Gasteiger partial charge in [-0.05, 0) is 24.5 Å². The summed E-state index contributed by atoms with van der Waals surface area (Å²) in [4.78, 5) is 18.0. The molecule has 0 bridgehead atoms. The molecule has 1 aliphatic heterocycles. The fraction of sp³-hybridized carbons (Fsp3) is 0.429. The van der Waals surface area contributed by atoms with Crippen LogP contribution in [0.25, 0.3) is 11.6 Å². The normalized spacial score (nSPS) is 18.2. The van der Waals surface area contributed by atoms with Crippen LogP contribution < -0.4 is 0 Å². The summed E-state index contributed by atoms with van der Waals surface area (Å²) in [6.07, 6.45) is -3.70. The zero-order valence-electron chi connectivity index (χ0n) is 18.0. The maximum Gasteiger partial charge on any atom is 0.433 e. The molecule has 14 heteroatoms. The maximum absolute atomic E-state index is 14.0. The van der Waals surface area contributed by atoms with Crippen LogP contribution >= 0.6 is 11.6 Å². The van der Waals surface area contributed by atoms with Gasteiger partial charge < -0.3 is 9.42 Å². The van der Waals surface area contributed by atoms with Crippen molar-refractivity contribution in [2.45, 2.75) is 31.0 Å². The number of rotatable bonds is 5. The summed E-state index contributed by atoms with van der Waals surface area (Å²) in [6.45, 7) is -0.621. The Morgan fingerprint density at radius 3 is 2.54 bits per heavy atom. The second kappa shape index (κ2) is 8.55. The first-order chi connectivity index (χ1) is 16.6. The van der Waals surface area contributed by atoms with Crippen molar-refractivity contribution in [2.75, 3.05) is 26.2 Å². The summed E-state index contributed by atoms with van der Waals surface area (Å²) < 4.78 is 73.9. The Balaban J connectivity index is 1.43. The molecule has 3 heterocycles. The van der Waals surface area contributed by atoms with Crippen molar-refractivity contribution in [2.24, 2.45) is 0 Å². The van der Waals surface area contributed by atoms with E-state index in [0.29, 0.717) is 28.2 Å². The fourth-order valence-corrected chi connectivity index (χ4v) is 4.47. The Morgan fingerprint density at radius 2 is 1.89 bits per heavy atom. The number of hydrogen-bond acceptors (Lipinski definition) is 6. The molecule has 0 spiro atoms. The quantitative estimate of drug-likeness (QED) is 0.378. The molecule has 1 aliphatic carbocycles. The van der Waals surface area contributed by atoms with Crippen molar-refractivity contribution in [1.29, 1.82) is 0 Å². The number of carbonyl (C=O) groups is 1. The third-order valence-electron chi connectivity index (χ3n) is 6.22. The molecule has 0 unspecified atom stereocenters. The Morgan fingerprint density at radius 1 is 1.17 bits per heavy atom. The Kier molecular flexibility index (Phi) is 5.79. The molecule has 1 aromatic carbocycles. The number of aromatic nitrogens is 4. The number of halogens is 6. The minimum atomic E-state index is -4.81. The molecule has 186 valence electrons. The van der Waals surface area contributed by atoms with E-state index in [2.05, 4.69) is 15.2 Å². The topological polar surface area (TPSA) is 80.3 Å². The fourth-order valence-electron chi connectivity index (χ4n) is 4.16. The lowest BCUT2D eigenvalue weighted by atomic mass is 9.95. The summed E-state index contributed by atoms with van der Waals surface area (Å²) in [5, 5.41) is 8.26. The average molecular weight is 517 g/mol. The molecular weight excluding hydrogens is 499 g/mol. The third-order valence-corrected chi connectivity index (χ3v) is 6.61. The first-order valence-electron chi connectivity index (χ1n) is 10.7. The summed E-state index contributed by atoms with van der Waals surface area (Å²) >= 11 is 6.13. The largest absolute Gasteiger partial charge is 0.433 e. The molecule has 1 saturated carbocycles. The first-order valence-corrected chi connectivity index (χ1v) is 11.1. The second-order valence-electron chi connectivity index (χ2n) is 8.47. The second-order valence-corrected chi connectivity index (χ2v) is 8.85. The highest BCUT2D eigenvalue weighted by atomic mass is 35.5. The van der Waals surface area contributed by atoms with Crippen LogP contribution in [0.4, 0.5) is 22.0 Å². The van der Waals surface area contributed by atoms with E-state index < -0.39 is 35.6 Å². The van der Waals surface area contributed by atoms with Crippen LogP contribution in [0.2, 0.25) is 5.02 Å². The Labute approximate surface area is 200 Å². The maximum atomic E-state index is 14.0. The molecule has 8 nitrogen and oxygen atoms in total. The van der Waals surface area contributed by atoms with Gasteiger partial charge in [-0.15, -0.1) is 9.60 Å². The van der Waals surface area contributed by atoms with Gasteiger partial charge in [0.15, 0.2) is 11.5 Å². The summed E-state index contributed by atoms with van der Waals surface area (Å²) in [5.74, 6) is -1.35. The van der Waals surface area contributed by atoms with E-state index in [1.165, 1.54) is 17.0 Å². The molecule has 0 N–H and O–H groups in total. The Bertz CT molecular complexity index is 1260. The Hall–Kier alpha value is -3.06. The van der Waals surface area contributed by atoms with E-state index in [4.69, 9.17) is 16.1 Å². The average Bonchev–Trinajstić information content (AvgIpc) is 3.24. The van der Waals surface area contributed by atoms with E-state index in [9.17, 15) is 26.8 Å². The molecule has 1 saturated heterocycles. The standard InChI is InChI=1S/C21H18ClF5N6O2/c22-17-12(2-1-3-13(17)23)20(4-5-20)19-28-18(35-30-19)14-10-15(21(24,25)26)33(29-14)11-16(34)31-6-8-32(27)9-7-31/h1-3,10H,4-9,11H2. The van der Waals surface area contributed by atoms with E-state index >= 15 is 0 Å². The lowest BCUT2D eigenvalue weighted by Gasteiger charge is -2.30. The predicted molar refractivity (Wildman–Crippen MR) is 111 cm³/mol. The van der Waals surface area contributed by atoms with Crippen molar-refractivity contribution in [3.05, 3.63) is 52.2 Å². The first kappa shape index (κ1) is 23.7. The van der Waals surface area contributed by atoms with E-state index in [0.717, 1.165) is 6.07 Å². The molecule has 35 heavy (non-hydrogen) atoms. The molecular formula is C21H18ClF5N6O2.